The van der Waals surface area contributed by atoms with Crippen LogP contribution in [-0.2, 0) is 17.5 Å². The van der Waals surface area contributed by atoms with E-state index in [-0.39, 0.29) is 5.69 Å². The summed E-state index contributed by atoms with van der Waals surface area (Å²) in [5, 5.41) is 3.98. The number of benzene rings is 1. The molecule has 0 atom stereocenters. The molecule has 1 heterocycles. The van der Waals surface area contributed by atoms with Gasteiger partial charge in [0, 0.05) is 5.92 Å². The molecule has 1 aliphatic carbocycles. The summed E-state index contributed by atoms with van der Waals surface area (Å²) in [6, 6.07) is 0. The van der Waals surface area contributed by atoms with Crippen LogP contribution in [0, 0.1) is 29.1 Å². The van der Waals surface area contributed by atoms with Gasteiger partial charge in [-0.15, -0.1) is 0 Å². The van der Waals surface area contributed by atoms with Crippen molar-refractivity contribution in [3.63, 3.8) is 0 Å². The van der Waals surface area contributed by atoms with E-state index in [2.05, 4.69) is 5.10 Å². The summed E-state index contributed by atoms with van der Waals surface area (Å²) in [7, 11) is 0. The van der Waals surface area contributed by atoms with E-state index in [9.17, 15) is 39.9 Å². The van der Waals surface area contributed by atoms with Gasteiger partial charge in [0.05, 0.1) is 10.7 Å². The van der Waals surface area contributed by atoms with Gasteiger partial charge in [-0.25, -0.2) is 22.0 Å². The van der Waals surface area contributed by atoms with E-state index in [1.165, 1.54) is 5.32 Å². The fourth-order valence-electron chi connectivity index (χ4n) is 2.53. The van der Waals surface area contributed by atoms with Crippen molar-refractivity contribution in [2.24, 2.45) is 0 Å². The molecule has 0 saturated heterocycles. The number of rotatable bonds is 4. The fraction of sp³-hybridized carbons (Fsp3) is 0.333. The van der Waals surface area contributed by atoms with Crippen LogP contribution in [0.1, 0.15) is 30.1 Å². The lowest BCUT2D eigenvalue weighted by molar-refractivity contribution is -0.141. The number of alkyl halides is 3. The van der Waals surface area contributed by atoms with Crippen LogP contribution in [-0.4, -0.2) is 15.7 Å². The Hall–Kier alpha value is -2.37. The second kappa shape index (κ2) is 6.90. The Morgan fingerprint density at radius 3 is 2.00 bits per heavy atom. The van der Waals surface area contributed by atoms with Gasteiger partial charge in [-0.3, -0.25) is 9.48 Å². The average molecular weight is 434 g/mol. The number of carbonyl (C=O) groups excluding carboxylic acids is 1. The van der Waals surface area contributed by atoms with Gasteiger partial charge in [0.15, 0.2) is 29.0 Å². The molecule has 13 heteroatoms. The van der Waals surface area contributed by atoms with Crippen molar-refractivity contribution in [2.75, 3.05) is 5.32 Å². The highest BCUT2D eigenvalue weighted by atomic mass is 35.5. The molecule has 1 N–H and O–H groups in total. The molecule has 1 aromatic carbocycles. The molecule has 1 aliphatic rings. The molecule has 1 aromatic heterocycles. The van der Waals surface area contributed by atoms with Crippen molar-refractivity contribution in [2.45, 2.75) is 31.5 Å². The van der Waals surface area contributed by atoms with Gasteiger partial charge in [0.1, 0.15) is 12.2 Å². The van der Waals surface area contributed by atoms with Gasteiger partial charge in [-0.2, -0.15) is 18.3 Å². The molecule has 1 fully saturated rings. The van der Waals surface area contributed by atoms with Crippen molar-refractivity contribution in [1.29, 1.82) is 0 Å². The first-order valence-electron chi connectivity index (χ1n) is 7.58. The summed E-state index contributed by atoms with van der Waals surface area (Å²) < 4.78 is 106. The number of hydrogen-bond donors (Lipinski definition) is 1. The van der Waals surface area contributed by atoms with Crippen LogP contribution in [0.25, 0.3) is 0 Å². The number of anilines is 1. The highest BCUT2D eigenvalue weighted by molar-refractivity contribution is 6.32. The second-order valence-corrected chi connectivity index (χ2v) is 6.35. The third-order valence-corrected chi connectivity index (χ3v) is 4.30. The first-order valence-corrected chi connectivity index (χ1v) is 7.96. The van der Waals surface area contributed by atoms with Gasteiger partial charge in [-0.05, 0) is 12.8 Å². The van der Waals surface area contributed by atoms with Crippen LogP contribution < -0.4 is 5.32 Å². The summed E-state index contributed by atoms with van der Waals surface area (Å²) in [5.74, 6) is -13.3. The molecule has 0 unspecified atom stereocenters. The van der Waals surface area contributed by atoms with E-state index in [4.69, 9.17) is 11.6 Å². The van der Waals surface area contributed by atoms with E-state index in [1.54, 1.807) is 0 Å². The number of aromatic nitrogens is 2. The molecule has 1 saturated carbocycles. The molecule has 2 aromatic rings. The average Bonchev–Trinajstić information content (AvgIpc) is 3.38. The van der Waals surface area contributed by atoms with Gasteiger partial charge < -0.3 is 5.32 Å². The van der Waals surface area contributed by atoms with Gasteiger partial charge in [0.25, 0.3) is 0 Å². The summed E-state index contributed by atoms with van der Waals surface area (Å²) in [6.07, 6.45) is -3.94. The molecule has 28 heavy (non-hydrogen) atoms. The Morgan fingerprint density at radius 2 is 1.54 bits per heavy atom. The Balaban J connectivity index is 1.91. The molecule has 1 amide bonds. The number of nitrogens with one attached hydrogen (secondary N) is 1. The van der Waals surface area contributed by atoms with E-state index < -0.39 is 70.0 Å². The normalized spacial score (nSPS) is 14.5. The summed E-state index contributed by atoms with van der Waals surface area (Å²) in [6.45, 7) is -0.985. The SMILES string of the molecule is O=C(Cn1nc(C(F)(F)F)c(Cl)c1C1CC1)Nc1c(F)c(F)c(F)c(F)c1F. The lowest BCUT2D eigenvalue weighted by Gasteiger charge is -2.11. The lowest BCUT2D eigenvalue weighted by Crippen LogP contribution is -2.23. The highest BCUT2D eigenvalue weighted by Gasteiger charge is 2.42. The molecular formula is C15H8ClF8N3O. The first kappa shape index (κ1) is 20.4. The third kappa shape index (κ3) is 3.52. The topological polar surface area (TPSA) is 46.9 Å². The number of nitrogens with zero attached hydrogens (tertiary/aromatic N) is 2. The zero-order chi connectivity index (χ0) is 21.0. The van der Waals surface area contributed by atoms with E-state index in [0.717, 1.165) is 0 Å². The maximum absolute atomic E-state index is 13.6. The summed E-state index contributed by atoms with van der Waals surface area (Å²) >= 11 is 5.71. The van der Waals surface area contributed by atoms with Crippen LogP contribution in [0.5, 0.6) is 0 Å². The van der Waals surface area contributed by atoms with Crippen LogP contribution >= 0.6 is 11.6 Å². The van der Waals surface area contributed by atoms with E-state index >= 15 is 0 Å². The van der Waals surface area contributed by atoms with Crippen molar-refractivity contribution in [1.82, 2.24) is 9.78 Å². The minimum Gasteiger partial charge on any atom is -0.319 e. The van der Waals surface area contributed by atoms with Crippen molar-refractivity contribution in [3.8, 4) is 0 Å². The summed E-state index contributed by atoms with van der Waals surface area (Å²) in [4.78, 5) is 12.0. The second-order valence-electron chi connectivity index (χ2n) is 5.97. The minimum atomic E-state index is -4.91. The molecule has 0 spiro atoms. The largest absolute Gasteiger partial charge is 0.436 e. The summed E-state index contributed by atoms with van der Waals surface area (Å²) in [5.41, 5.74) is -3.16. The van der Waals surface area contributed by atoms with Crippen LogP contribution in [0.4, 0.5) is 40.8 Å². The first-order chi connectivity index (χ1) is 12.9. The van der Waals surface area contributed by atoms with Crippen molar-refractivity contribution in [3.05, 3.63) is 45.5 Å². The quantitative estimate of drug-likeness (QED) is 0.429. The monoisotopic (exact) mass is 433 g/mol. The number of amides is 1. The van der Waals surface area contributed by atoms with Crippen molar-refractivity contribution >= 4 is 23.2 Å². The maximum Gasteiger partial charge on any atom is 0.436 e. The Labute approximate surface area is 156 Å². The van der Waals surface area contributed by atoms with E-state index in [1.807, 2.05) is 0 Å². The van der Waals surface area contributed by atoms with Crippen LogP contribution in [0.2, 0.25) is 5.02 Å². The lowest BCUT2D eigenvalue weighted by atomic mass is 10.2. The molecular weight excluding hydrogens is 426 g/mol. The highest BCUT2D eigenvalue weighted by Crippen LogP contribution is 2.46. The predicted octanol–water partition coefficient (Wildman–Crippen LogP) is 4.77. The predicted molar refractivity (Wildman–Crippen MR) is 79.1 cm³/mol. The number of carbonyl (C=O) groups is 1. The molecule has 0 aliphatic heterocycles. The smallest absolute Gasteiger partial charge is 0.319 e. The van der Waals surface area contributed by atoms with Gasteiger partial charge >= 0.3 is 6.18 Å². The van der Waals surface area contributed by atoms with E-state index in [0.29, 0.717) is 17.5 Å². The van der Waals surface area contributed by atoms with Crippen LogP contribution in [0.15, 0.2) is 0 Å². The minimum absolute atomic E-state index is 0.0958. The standard InChI is InChI=1S/C15H8ClF8N3O/c16-6-13(4-1-2-4)27(26-14(6)15(22,23)24)3-5(28)25-12-10(20)8(18)7(17)9(19)11(12)21/h4H,1-3H2,(H,25,28). The molecule has 152 valence electrons. The molecule has 4 nitrogen and oxygen atoms in total. The Morgan fingerprint density at radius 1 is 1.04 bits per heavy atom. The fourth-order valence-corrected chi connectivity index (χ4v) is 2.93. The van der Waals surface area contributed by atoms with Crippen molar-refractivity contribution < 1.29 is 39.9 Å². The number of hydrogen-bond acceptors (Lipinski definition) is 2. The number of halogens is 9. The van der Waals surface area contributed by atoms with Gasteiger partial charge in [0.2, 0.25) is 11.7 Å². The Kier molecular flexibility index (Phi) is 5.02. The maximum atomic E-state index is 13.6. The zero-order valence-electron chi connectivity index (χ0n) is 13.4. The van der Waals surface area contributed by atoms with Gasteiger partial charge in [-0.1, -0.05) is 11.6 Å². The molecule has 3 rings (SSSR count). The molecule has 0 bridgehead atoms. The van der Waals surface area contributed by atoms with Crippen LogP contribution in [0.3, 0.4) is 0 Å². The molecule has 0 radical (unpaired) electrons. The third-order valence-electron chi connectivity index (χ3n) is 3.93. The zero-order valence-corrected chi connectivity index (χ0v) is 14.2. The Bertz CT molecular complexity index is 938.